The first-order valence-corrected chi connectivity index (χ1v) is 9.89. The monoisotopic (exact) mass is 335 g/mol. The van der Waals surface area contributed by atoms with Gasteiger partial charge in [-0.25, -0.2) is 4.98 Å². The molecule has 1 unspecified atom stereocenters. The SMILES string of the molecule is c1ccc(CN2CCCC2c2cccnc2NC2CCCCC2)cc1. The molecule has 0 radical (unpaired) electrons. The predicted octanol–water partition coefficient (Wildman–Crippen LogP) is 5.16. The van der Waals surface area contributed by atoms with E-state index in [0.717, 1.165) is 12.4 Å². The van der Waals surface area contributed by atoms with E-state index < -0.39 is 0 Å². The number of hydrogen-bond acceptors (Lipinski definition) is 3. The predicted molar refractivity (Wildman–Crippen MR) is 104 cm³/mol. The quantitative estimate of drug-likeness (QED) is 0.817. The van der Waals surface area contributed by atoms with Crippen LogP contribution in [0.15, 0.2) is 48.7 Å². The molecule has 1 aromatic heterocycles. The van der Waals surface area contributed by atoms with Crippen molar-refractivity contribution >= 4 is 5.82 Å². The number of likely N-dealkylation sites (tertiary alicyclic amines) is 1. The second kappa shape index (κ2) is 8.01. The standard InChI is InChI=1S/C22H29N3/c1-3-9-18(10-4-1)17-25-16-8-14-21(25)20-13-7-15-23-22(20)24-19-11-5-2-6-12-19/h1,3-4,7,9-10,13,15,19,21H,2,5-6,8,11-12,14,16-17H2,(H,23,24). The van der Waals surface area contributed by atoms with Gasteiger partial charge in [-0.1, -0.05) is 55.7 Å². The lowest BCUT2D eigenvalue weighted by Crippen LogP contribution is -2.27. The van der Waals surface area contributed by atoms with Gasteiger partial charge in [0.25, 0.3) is 0 Å². The van der Waals surface area contributed by atoms with Gasteiger partial charge >= 0.3 is 0 Å². The second-order valence-corrected chi connectivity index (χ2v) is 7.53. The minimum atomic E-state index is 0.486. The smallest absolute Gasteiger partial charge is 0.130 e. The van der Waals surface area contributed by atoms with E-state index in [1.807, 2.05) is 6.20 Å². The molecule has 1 aliphatic heterocycles. The number of nitrogens with one attached hydrogen (secondary N) is 1. The summed E-state index contributed by atoms with van der Waals surface area (Å²) in [5.41, 5.74) is 2.79. The van der Waals surface area contributed by atoms with Gasteiger partial charge in [-0.3, -0.25) is 4.90 Å². The molecule has 1 saturated heterocycles. The summed E-state index contributed by atoms with van der Waals surface area (Å²) >= 11 is 0. The molecule has 2 heterocycles. The average molecular weight is 335 g/mol. The Bertz CT molecular complexity index is 664. The Morgan fingerprint density at radius 2 is 1.76 bits per heavy atom. The Balaban J connectivity index is 1.51. The van der Waals surface area contributed by atoms with Crippen molar-refractivity contribution in [2.45, 2.75) is 63.6 Å². The molecule has 3 heteroatoms. The van der Waals surface area contributed by atoms with Gasteiger partial charge in [0.1, 0.15) is 5.82 Å². The third-order valence-corrected chi connectivity index (χ3v) is 5.74. The van der Waals surface area contributed by atoms with Crippen LogP contribution in [-0.4, -0.2) is 22.5 Å². The zero-order valence-electron chi connectivity index (χ0n) is 15.0. The van der Waals surface area contributed by atoms with Crippen LogP contribution in [0.4, 0.5) is 5.82 Å². The Morgan fingerprint density at radius 1 is 0.920 bits per heavy atom. The number of benzene rings is 1. The van der Waals surface area contributed by atoms with Crippen molar-refractivity contribution in [1.82, 2.24) is 9.88 Å². The van der Waals surface area contributed by atoms with Crippen molar-refractivity contribution in [2.24, 2.45) is 0 Å². The second-order valence-electron chi connectivity index (χ2n) is 7.53. The molecule has 1 aliphatic carbocycles. The maximum atomic E-state index is 4.72. The van der Waals surface area contributed by atoms with Crippen LogP contribution in [0.2, 0.25) is 0 Å². The third kappa shape index (κ3) is 4.04. The molecule has 0 spiro atoms. The summed E-state index contributed by atoms with van der Waals surface area (Å²) in [5.74, 6) is 1.12. The fourth-order valence-corrected chi connectivity index (χ4v) is 4.43. The molecule has 2 fully saturated rings. The van der Waals surface area contributed by atoms with Crippen LogP contribution in [0.3, 0.4) is 0 Å². The molecule has 1 N–H and O–H groups in total. The molecular weight excluding hydrogens is 306 g/mol. The van der Waals surface area contributed by atoms with Crippen LogP contribution < -0.4 is 5.32 Å². The minimum absolute atomic E-state index is 0.486. The fraction of sp³-hybridized carbons (Fsp3) is 0.500. The lowest BCUT2D eigenvalue weighted by molar-refractivity contribution is 0.248. The average Bonchev–Trinajstić information content (AvgIpc) is 3.12. The molecule has 132 valence electrons. The van der Waals surface area contributed by atoms with Crippen molar-refractivity contribution in [3.63, 3.8) is 0 Å². The molecule has 1 aromatic carbocycles. The van der Waals surface area contributed by atoms with Crippen LogP contribution >= 0.6 is 0 Å². The van der Waals surface area contributed by atoms with E-state index in [-0.39, 0.29) is 0 Å². The number of anilines is 1. The first kappa shape index (κ1) is 16.6. The van der Waals surface area contributed by atoms with E-state index in [9.17, 15) is 0 Å². The molecule has 3 nitrogen and oxygen atoms in total. The van der Waals surface area contributed by atoms with Crippen LogP contribution in [-0.2, 0) is 6.54 Å². The summed E-state index contributed by atoms with van der Waals surface area (Å²) in [6.45, 7) is 2.21. The summed E-state index contributed by atoms with van der Waals surface area (Å²) in [6, 6.07) is 16.3. The van der Waals surface area contributed by atoms with Gasteiger partial charge in [0.05, 0.1) is 0 Å². The van der Waals surface area contributed by atoms with E-state index in [2.05, 4.69) is 52.7 Å². The highest BCUT2D eigenvalue weighted by Gasteiger charge is 2.28. The Hall–Kier alpha value is -1.87. The number of hydrogen-bond donors (Lipinski definition) is 1. The Labute approximate surface area is 151 Å². The van der Waals surface area contributed by atoms with Crippen molar-refractivity contribution < 1.29 is 0 Å². The van der Waals surface area contributed by atoms with Crippen molar-refractivity contribution in [3.8, 4) is 0 Å². The summed E-state index contributed by atoms with van der Waals surface area (Å²) in [5, 5.41) is 3.77. The highest BCUT2D eigenvalue weighted by Crippen LogP contribution is 2.36. The molecule has 1 atom stereocenters. The maximum Gasteiger partial charge on any atom is 0.130 e. The number of rotatable bonds is 5. The summed E-state index contributed by atoms with van der Waals surface area (Å²) in [6.07, 6.45) is 11.1. The van der Waals surface area contributed by atoms with Gasteiger partial charge < -0.3 is 5.32 Å². The first-order valence-electron chi connectivity index (χ1n) is 9.89. The number of pyridine rings is 1. The van der Waals surface area contributed by atoms with E-state index in [0.29, 0.717) is 12.1 Å². The third-order valence-electron chi connectivity index (χ3n) is 5.74. The summed E-state index contributed by atoms with van der Waals surface area (Å²) in [7, 11) is 0. The maximum absolute atomic E-state index is 4.72. The normalized spacial score (nSPS) is 22.2. The van der Waals surface area contributed by atoms with E-state index in [1.165, 1.54) is 62.6 Å². The largest absolute Gasteiger partial charge is 0.367 e. The molecule has 2 aliphatic rings. The van der Waals surface area contributed by atoms with Crippen LogP contribution in [0.1, 0.15) is 62.1 Å². The van der Waals surface area contributed by atoms with E-state index in [4.69, 9.17) is 4.98 Å². The Kier molecular flexibility index (Phi) is 5.31. The van der Waals surface area contributed by atoms with Gasteiger partial charge in [-0.15, -0.1) is 0 Å². The summed E-state index contributed by atoms with van der Waals surface area (Å²) in [4.78, 5) is 7.34. The lowest BCUT2D eigenvalue weighted by Gasteiger charge is -2.29. The van der Waals surface area contributed by atoms with E-state index >= 15 is 0 Å². The molecular formula is C22H29N3. The topological polar surface area (TPSA) is 28.2 Å². The molecule has 2 aromatic rings. The fourth-order valence-electron chi connectivity index (χ4n) is 4.43. The zero-order valence-corrected chi connectivity index (χ0v) is 15.0. The molecule has 0 amide bonds. The van der Waals surface area contributed by atoms with Gasteiger partial charge in [0.2, 0.25) is 0 Å². The highest BCUT2D eigenvalue weighted by molar-refractivity contribution is 5.47. The summed E-state index contributed by atoms with van der Waals surface area (Å²) < 4.78 is 0. The molecule has 4 rings (SSSR count). The minimum Gasteiger partial charge on any atom is -0.367 e. The molecule has 0 bridgehead atoms. The lowest BCUT2D eigenvalue weighted by atomic mass is 9.95. The van der Waals surface area contributed by atoms with Gasteiger partial charge in [-0.05, 0) is 43.9 Å². The van der Waals surface area contributed by atoms with Crippen LogP contribution in [0.25, 0.3) is 0 Å². The first-order chi connectivity index (χ1) is 12.4. The number of nitrogens with zero attached hydrogens (tertiary/aromatic N) is 2. The van der Waals surface area contributed by atoms with E-state index in [1.54, 1.807) is 0 Å². The van der Waals surface area contributed by atoms with Crippen molar-refractivity contribution in [1.29, 1.82) is 0 Å². The molecule has 1 saturated carbocycles. The van der Waals surface area contributed by atoms with Gasteiger partial charge in [0, 0.05) is 30.4 Å². The molecule has 25 heavy (non-hydrogen) atoms. The van der Waals surface area contributed by atoms with Crippen LogP contribution in [0.5, 0.6) is 0 Å². The van der Waals surface area contributed by atoms with Crippen LogP contribution in [0, 0.1) is 0 Å². The number of aromatic nitrogens is 1. The Morgan fingerprint density at radius 3 is 2.60 bits per heavy atom. The highest BCUT2D eigenvalue weighted by atomic mass is 15.2. The zero-order chi connectivity index (χ0) is 16.9. The van der Waals surface area contributed by atoms with Gasteiger partial charge in [-0.2, -0.15) is 0 Å². The van der Waals surface area contributed by atoms with Crippen molar-refractivity contribution in [2.75, 3.05) is 11.9 Å². The van der Waals surface area contributed by atoms with Crippen molar-refractivity contribution in [3.05, 3.63) is 59.8 Å². The van der Waals surface area contributed by atoms with Gasteiger partial charge in [0.15, 0.2) is 0 Å².